The van der Waals surface area contributed by atoms with Gasteiger partial charge in [0, 0.05) is 25.0 Å². The zero-order valence-electron chi connectivity index (χ0n) is 15.0. The van der Waals surface area contributed by atoms with E-state index >= 15 is 0 Å². The Labute approximate surface area is 167 Å². The Morgan fingerprint density at radius 1 is 1.16 bits per heavy atom. The van der Waals surface area contributed by atoms with Gasteiger partial charge in [0.2, 0.25) is 0 Å². The van der Waals surface area contributed by atoms with Crippen LogP contribution < -0.4 is 10.6 Å². The van der Waals surface area contributed by atoms with E-state index in [0.717, 1.165) is 42.3 Å². The van der Waals surface area contributed by atoms with Crippen LogP contribution in [0.25, 0.3) is 11.0 Å². The number of piperidine rings is 1. The van der Waals surface area contributed by atoms with Crippen molar-refractivity contribution in [3.8, 4) is 0 Å². The van der Waals surface area contributed by atoms with Crippen LogP contribution in [-0.4, -0.2) is 43.6 Å². The largest absolute Gasteiger partial charge is 0.459 e. The molecule has 0 atom stereocenters. The van der Waals surface area contributed by atoms with E-state index < -0.39 is 0 Å². The lowest BCUT2D eigenvalue weighted by Crippen LogP contribution is -2.42. The summed E-state index contributed by atoms with van der Waals surface area (Å²) in [6.45, 7) is 7.95. The van der Waals surface area contributed by atoms with Crippen molar-refractivity contribution < 1.29 is 4.42 Å². The Morgan fingerprint density at radius 3 is 2.72 bits per heavy atom. The van der Waals surface area contributed by atoms with Crippen molar-refractivity contribution in [2.45, 2.75) is 32.7 Å². The number of furan rings is 1. The molecule has 1 aliphatic heterocycles. The lowest BCUT2D eigenvalue weighted by atomic mass is 10.1. The second kappa shape index (κ2) is 10.7. The number of guanidine groups is 1. The summed E-state index contributed by atoms with van der Waals surface area (Å²) in [4.78, 5) is 7.17. The Bertz CT molecular complexity index is 631. The van der Waals surface area contributed by atoms with Crippen molar-refractivity contribution in [2.75, 3.05) is 32.7 Å². The quantitative estimate of drug-likeness (QED) is 0.397. The van der Waals surface area contributed by atoms with Gasteiger partial charge in [-0.25, -0.2) is 4.99 Å². The molecule has 6 heteroatoms. The van der Waals surface area contributed by atoms with Crippen LogP contribution in [0.1, 0.15) is 31.9 Å². The summed E-state index contributed by atoms with van der Waals surface area (Å²) in [5.74, 6) is 1.75. The molecular weight excluding hydrogens is 427 g/mol. The summed E-state index contributed by atoms with van der Waals surface area (Å²) in [5.41, 5.74) is 0.922. The molecule has 0 bridgehead atoms. The van der Waals surface area contributed by atoms with Crippen molar-refractivity contribution in [2.24, 2.45) is 4.99 Å². The monoisotopic (exact) mass is 456 g/mol. The van der Waals surface area contributed by atoms with Gasteiger partial charge < -0.3 is 20.0 Å². The van der Waals surface area contributed by atoms with Crippen LogP contribution in [0.2, 0.25) is 0 Å². The molecule has 0 unspecified atom stereocenters. The third-order valence-electron chi connectivity index (χ3n) is 4.38. The average Bonchev–Trinajstić information content (AvgIpc) is 3.03. The van der Waals surface area contributed by atoms with Gasteiger partial charge in [0.05, 0.1) is 0 Å². The molecule has 2 N–H and O–H groups in total. The summed E-state index contributed by atoms with van der Waals surface area (Å²) in [6, 6.07) is 10.1. The van der Waals surface area contributed by atoms with E-state index in [1.807, 2.05) is 18.2 Å². The van der Waals surface area contributed by atoms with Crippen LogP contribution in [0.15, 0.2) is 39.7 Å². The molecule has 0 amide bonds. The Kier molecular flexibility index (Phi) is 8.54. The molecule has 0 aliphatic carbocycles. The number of nitrogens with one attached hydrogen (secondary N) is 2. The zero-order valence-corrected chi connectivity index (χ0v) is 17.3. The van der Waals surface area contributed by atoms with Gasteiger partial charge in [0.15, 0.2) is 5.96 Å². The van der Waals surface area contributed by atoms with E-state index in [-0.39, 0.29) is 24.0 Å². The first-order valence-corrected chi connectivity index (χ1v) is 9.07. The Balaban J connectivity index is 0.00000225. The van der Waals surface area contributed by atoms with Gasteiger partial charge in [-0.15, -0.1) is 24.0 Å². The third kappa shape index (κ3) is 6.18. The van der Waals surface area contributed by atoms with Gasteiger partial charge in [-0.05, 0) is 45.0 Å². The number of para-hydroxylation sites is 1. The lowest BCUT2D eigenvalue weighted by Gasteiger charge is -2.26. The molecule has 5 nitrogen and oxygen atoms in total. The van der Waals surface area contributed by atoms with Gasteiger partial charge in [-0.1, -0.05) is 24.6 Å². The van der Waals surface area contributed by atoms with E-state index in [4.69, 9.17) is 4.42 Å². The van der Waals surface area contributed by atoms with E-state index in [1.54, 1.807) is 0 Å². The molecule has 2 aromatic rings. The van der Waals surface area contributed by atoms with Crippen LogP contribution in [0.5, 0.6) is 0 Å². The number of nitrogens with zero attached hydrogens (tertiary/aromatic N) is 2. The predicted molar refractivity (Wildman–Crippen MR) is 115 cm³/mol. The first-order valence-electron chi connectivity index (χ1n) is 9.07. The first-order chi connectivity index (χ1) is 11.8. The van der Waals surface area contributed by atoms with Crippen LogP contribution in [0.3, 0.4) is 0 Å². The summed E-state index contributed by atoms with van der Waals surface area (Å²) in [7, 11) is 0. The number of aliphatic imine (C=N–C) groups is 1. The highest BCUT2D eigenvalue weighted by molar-refractivity contribution is 14.0. The number of rotatable bonds is 6. The highest BCUT2D eigenvalue weighted by Crippen LogP contribution is 2.19. The van der Waals surface area contributed by atoms with Crippen LogP contribution in [0.4, 0.5) is 0 Å². The minimum absolute atomic E-state index is 0. The van der Waals surface area contributed by atoms with Crippen molar-refractivity contribution in [3.05, 3.63) is 36.1 Å². The van der Waals surface area contributed by atoms with Crippen molar-refractivity contribution >= 4 is 40.9 Å². The zero-order chi connectivity index (χ0) is 16.6. The number of benzene rings is 1. The van der Waals surface area contributed by atoms with E-state index in [2.05, 4.69) is 39.6 Å². The summed E-state index contributed by atoms with van der Waals surface area (Å²) >= 11 is 0. The highest BCUT2D eigenvalue weighted by atomic mass is 127. The predicted octanol–water partition coefficient (Wildman–Crippen LogP) is 3.59. The van der Waals surface area contributed by atoms with Crippen molar-refractivity contribution in [1.29, 1.82) is 0 Å². The summed E-state index contributed by atoms with van der Waals surface area (Å²) < 4.78 is 5.83. The molecular formula is C19H29IN4O. The van der Waals surface area contributed by atoms with E-state index in [1.165, 1.54) is 32.4 Å². The van der Waals surface area contributed by atoms with Crippen molar-refractivity contribution in [1.82, 2.24) is 15.5 Å². The molecule has 1 aliphatic rings. The molecule has 25 heavy (non-hydrogen) atoms. The molecule has 3 rings (SSSR count). The molecule has 2 heterocycles. The van der Waals surface area contributed by atoms with Crippen LogP contribution in [-0.2, 0) is 6.54 Å². The topological polar surface area (TPSA) is 52.8 Å². The minimum atomic E-state index is 0. The van der Waals surface area contributed by atoms with Crippen LogP contribution >= 0.6 is 24.0 Å². The van der Waals surface area contributed by atoms with Gasteiger partial charge >= 0.3 is 0 Å². The fraction of sp³-hybridized carbons (Fsp3) is 0.526. The van der Waals surface area contributed by atoms with Crippen LogP contribution in [0, 0.1) is 0 Å². The second-order valence-corrected chi connectivity index (χ2v) is 6.27. The molecule has 1 saturated heterocycles. The fourth-order valence-corrected chi connectivity index (χ4v) is 3.13. The molecule has 1 fully saturated rings. The van der Waals surface area contributed by atoms with Gasteiger partial charge in [0.1, 0.15) is 17.9 Å². The number of likely N-dealkylation sites (tertiary alicyclic amines) is 1. The molecule has 1 aromatic heterocycles. The molecule has 0 saturated carbocycles. The smallest absolute Gasteiger partial charge is 0.191 e. The normalized spacial score (nSPS) is 15.8. The SMILES string of the molecule is CCNC(=NCc1cc2ccccc2o1)NCCN1CCCCC1.I. The first kappa shape index (κ1) is 20.0. The van der Waals surface area contributed by atoms with Gasteiger partial charge in [0.25, 0.3) is 0 Å². The Hall–Kier alpha value is -1.28. The number of hydrogen-bond donors (Lipinski definition) is 2. The molecule has 1 aromatic carbocycles. The maximum absolute atomic E-state index is 5.83. The van der Waals surface area contributed by atoms with E-state index in [0.29, 0.717) is 6.54 Å². The lowest BCUT2D eigenvalue weighted by molar-refractivity contribution is 0.232. The standard InChI is InChI=1S/C19H28N4O.HI/c1-2-20-19(21-10-13-23-11-6-3-7-12-23)22-15-17-14-16-8-4-5-9-18(16)24-17;/h4-5,8-9,14H,2-3,6-7,10-13,15H2,1H3,(H2,20,21,22);1H. The maximum atomic E-state index is 5.83. The number of hydrogen-bond acceptors (Lipinski definition) is 3. The molecule has 0 radical (unpaired) electrons. The Morgan fingerprint density at radius 2 is 1.96 bits per heavy atom. The number of halogens is 1. The third-order valence-corrected chi connectivity index (χ3v) is 4.38. The van der Waals surface area contributed by atoms with E-state index in [9.17, 15) is 0 Å². The number of fused-ring (bicyclic) bond motifs is 1. The average molecular weight is 456 g/mol. The summed E-state index contributed by atoms with van der Waals surface area (Å²) in [5, 5.41) is 7.86. The molecule has 0 spiro atoms. The summed E-state index contributed by atoms with van der Waals surface area (Å²) in [6.07, 6.45) is 4.05. The highest BCUT2D eigenvalue weighted by Gasteiger charge is 2.09. The molecule has 138 valence electrons. The van der Waals surface area contributed by atoms with Crippen molar-refractivity contribution in [3.63, 3.8) is 0 Å². The van der Waals surface area contributed by atoms with Gasteiger partial charge in [-0.2, -0.15) is 0 Å². The minimum Gasteiger partial charge on any atom is -0.459 e. The van der Waals surface area contributed by atoms with Gasteiger partial charge in [-0.3, -0.25) is 0 Å². The maximum Gasteiger partial charge on any atom is 0.191 e. The second-order valence-electron chi connectivity index (χ2n) is 6.27. The fourth-order valence-electron chi connectivity index (χ4n) is 3.13.